The SMILES string of the molecule is CC(C)CC(C)OCCn1cc(N)cn1. The van der Waals surface area contributed by atoms with Crippen molar-refractivity contribution in [2.75, 3.05) is 12.3 Å². The van der Waals surface area contributed by atoms with Gasteiger partial charge in [-0.05, 0) is 19.3 Å². The Hall–Kier alpha value is -1.03. The van der Waals surface area contributed by atoms with Gasteiger partial charge in [0.1, 0.15) is 0 Å². The number of ether oxygens (including phenoxy) is 1. The van der Waals surface area contributed by atoms with Crippen molar-refractivity contribution in [1.82, 2.24) is 9.78 Å². The maximum atomic E-state index is 5.66. The molecule has 0 bridgehead atoms. The summed E-state index contributed by atoms with van der Waals surface area (Å²) in [4.78, 5) is 0. The smallest absolute Gasteiger partial charge is 0.0719 e. The highest BCUT2D eigenvalue weighted by Gasteiger charge is 2.04. The van der Waals surface area contributed by atoms with Crippen LogP contribution in [0.15, 0.2) is 12.4 Å². The molecule has 1 atom stereocenters. The molecule has 0 saturated carbocycles. The largest absolute Gasteiger partial charge is 0.396 e. The van der Waals surface area contributed by atoms with E-state index in [9.17, 15) is 0 Å². The number of rotatable bonds is 6. The number of nitrogen functional groups attached to an aromatic ring is 1. The predicted molar refractivity (Wildman–Crippen MR) is 61.5 cm³/mol. The third kappa shape index (κ3) is 4.83. The molecule has 1 aromatic rings. The third-order valence-corrected chi connectivity index (χ3v) is 2.18. The Bertz CT molecular complexity index is 283. The number of nitrogens with zero attached hydrogens (tertiary/aromatic N) is 2. The molecule has 1 unspecified atom stereocenters. The maximum absolute atomic E-state index is 5.66. The number of hydrogen-bond acceptors (Lipinski definition) is 3. The van der Waals surface area contributed by atoms with Crippen LogP contribution in [0.1, 0.15) is 27.2 Å². The summed E-state index contributed by atoms with van der Waals surface area (Å²) in [6, 6.07) is 0. The summed E-state index contributed by atoms with van der Waals surface area (Å²) in [5.74, 6) is 0.681. The van der Waals surface area contributed by atoms with Gasteiger partial charge in [0.25, 0.3) is 0 Å². The molecule has 1 heterocycles. The van der Waals surface area contributed by atoms with Gasteiger partial charge in [-0.25, -0.2) is 0 Å². The molecule has 1 aromatic heterocycles. The topological polar surface area (TPSA) is 53.1 Å². The highest BCUT2D eigenvalue weighted by Crippen LogP contribution is 2.07. The van der Waals surface area contributed by atoms with E-state index < -0.39 is 0 Å². The van der Waals surface area contributed by atoms with Gasteiger partial charge in [0, 0.05) is 6.20 Å². The van der Waals surface area contributed by atoms with Crippen LogP contribution in [0.5, 0.6) is 0 Å². The van der Waals surface area contributed by atoms with Crippen LogP contribution in [0.25, 0.3) is 0 Å². The lowest BCUT2D eigenvalue weighted by Gasteiger charge is -2.14. The van der Waals surface area contributed by atoms with E-state index in [0.29, 0.717) is 24.3 Å². The van der Waals surface area contributed by atoms with E-state index in [1.807, 2.05) is 6.20 Å². The van der Waals surface area contributed by atoms with Crippen molar-refractivity contribution < 1.29 is 4.74 Å². The normalized spacial score (nSPS) is 13.3. The second-order valence-electron chi connectivity index (χ2n) is 4.35. The zero-order valence-corrected chi connectivity index (χ0v) is 9.81. The molecule has 1 rings (SSSR count). The minimum Gasteiger partial charge on any atom is -0.396 e. The van der Waals surface area contributed by atoms with Crippen molar-refractivity contribution in [1.29, 1.82) is 0 Å². The van der Waals surface area contributed by atoms with Gasteiger partial charge in [0.05, 0.1) is 31.1 Å². The zero-order chi connectivity index (χ0) is 11.3. The summed E-state index contributed by atoms with van der Waals surface area (Å²) in [7, 11) is 0. The Balaban J connectivity index is 2.16. The first-order valence-electron chi connectivity index (χ1n) is 5.47. The number of anilines is 1. The number of aromatic nitrogens is 2. The van der Waals surface area contributed by atoms with E-state index in [2.05, 4.69) is 25.9 Å². The van der Waals surface area contributed by atoms with Crippen molar-refractivity contribution in [2.24, 2.45) is 5.92 Å². The molecular weight excluding hydrogens is 190 g/mol. The van der Waals surface area contributed by atoms with Gasteiger partial charge in [-0.3, -0.25) is 4.68 Å². The molecule has 4 heteroatoms. The molecule has 0 radical (unpaired) electrons. The minimum absolute atomic E-state index is 0.318. The first-order chi connectivity index (χ1) is 7.08. The van der Waals surface area contributed by atoms with Crippen LogP contribution in [0.2, 0.25) is 0 Å². The molecule has 0 aliphatic rings. The molecule has 0 saturated heterocycles. The first kappa shape index (κ1) is 12.0. The fraction of sp³-hybridized carbons (Fsp3) is 0.727. The molecule has 86 valence electrons. The van der Waals surface area contributed by atoms with Crippen LogP contribution in [0, 0.1) is 5.92 Å². The summed E-state index contributed by atoms with van der Waals surface area (Å²) >= 11 is 0. The van der Waals surface area contributed by atoms with Crippen molar-refractivity contribution in [3.8, 4) is 0 Å². The van der Waals surface area contributed by atoms with Gasteiger partial charge < -0.3 is 10.5 Å². The molecule has 4 nitrogen and oxygen atoms in total. The lowest BCUT2D eigenvalue weighted by molar-refractivity contribution is 0.0455. The first-order valence-corrected chi connectivity index (χ1v) is 5.47. The Morgan fingerprint density at radius 3 is 2.73 bits per heavy atom. The van der Waals surface area contributed by atoms with E-state index in [0.717, 1.165) is 13.0 Å². The van der Waals surface area contributed by atoms with Gasteiger partial charge in [0.15, 0.2) is 0 Å². The summed E-state index contributed by atoms with van der Waals surface area (Å²) < 4.78 is 7.47. The van der Waals surface area contributed by atoms with Crippen molar-refractivity contribution in [2.45, 2.75) is 39.8 Å². The van der Waals surface area contributed by atoms with E-state index in [-0.39, 0.29) is 0 Å². The quantitative estimate of drug-likeness (QED) is 0.782. The molecule has 0 spiro atoms. The van der Waals surface area contributed by atoms with Gasteiger partial charge in [-0.1, -0.05) is 13.8 Å². The van der Waals surface area contributed by atoms with Crippen LogP contribution >= 0.6 is 0 Å². The minimum atomic E-state index is 0.318. The predicted octanol–water partition coefficient (Wildman–Crippen LogP) is 1.92. The Morgan fingerprint density at radius 1 is 1.47 bits per heavy atom. The van der Waals surface area contributed by atoms with Gasteiger partial charge in [-0.15, -0.1) is 0 Å². The van der Waals surface area contributed by atoms with E-state index in [1.165, 1.54) is 0 Å². The van der Waals surface area contributed by atoms with Gasteiger partial charge >= 0.3 is 0 Å². The summed E-state index contributed by atoms with van der Waals surface area (Å²) in [5, 5.41) is 4.09. The molecule has 0 fully saturated rings. The molecule has 0 aromatic carbocycles. The van der Waals surface area contributed by atoms with Crippen LogP contribution in [-0.2, 0) is 11.3 Å². The average molecular weight is 211 g/mol. The Morgan fingerprint density at radius 2 is 2.20 bits per heavy atom. The van der Waals surface area contributed by atoms with Crippen LogP contribution < -0.4 is 5.73 Å². The average Bonchev–Trinajstić information content (AvgIpc) is 2.50. The highest BCUT2D eigenvalue weighted by molar-refractivity contribution is 5.30. The van der Waals surface area contributed by atoms with Crippen LogP contribution in [0.4, 0.5) is 5.69 Å². The Kier molecular flexibility index (Phi) is 4.62. The van der Waals surface area contributed by atoms with E-state index in [4.69, 9.17) is 10.5 Å². The molecule has 2 N–H and O–H groups in total. The van der Waals surface area contributed by atoms with Crippen LogP contribution in [0.3, 0.4) is 0 Å². The summed E-state index contributed by atoms with van der Waals surface area (Å²) in [6.07, 6.45) is 4.88. The Labute approximate surface area is 91.4 Å². The lowest BCUT2D eigenvalue weighted by atomic mass is 10.1. The van der Waals surface area contributed by atoms with Crippen molar-refractivity contribution in [3.05, 3.63) is 12.4 Å². The fourth-order valence-electron chi connectivity index (χ4n) is 1.58. The van der Waals surface area contributed by atoms with E-state index in [1.54, 1.807) is 10.9 Å². The molecule has 15 heavy (non-hydrogen) atoms. The summed E-state index contributed by atoms with van der Waals surface area (Å²) in [5.41, 5.74) is 6.25. The van der Waals surface area contributed by atoms with Gasteiger partial charge in [-0.2, -0.15) is 5.10 Å². The molecular formula is C11H21N3O. The van der Waals surface area contributed by atoms with Crippen molar-refractivity contribution >= 4 is 5.69 Å². The second kappa shape index (κ2) is 5.75. The van der Waals surface area contributed by atoms with Crippen molar-refractivity contribution in [3.63, 3.8) is 0 Å². The summed E-state index contributed by atoms with van der Waals surface area (Å²) in [6.45, 7) is 7.97. The second-order valence-corrected chi connectivity index (χ2v) is 4.35. The molecule has 0 aliphatic heterocycles. The van der Waals surface area contributed by atoms with Crippen LogP contribution in [-0.4, -0.2) is 22.5 Å². The maximum Gasteiger partial charge on any atom is 0.0719 e. The molecule has 0 amide bonds. The third-order valence-electron chi connectivity index (χ3n) is 2.18. The standard InChI is InChI=1S/C11H21N3O/c1-9(2)6-10(3)15-5-4-14-8-11(12)7-13-14/h7-10H,4-6,12H2,1-3H3. The zero-order valence-electron chi connectivity index (χ0n) is 9.81. The van der Waals surface area contributed by atoms with Gasteiger partial charge in [0.2, 0.25) is 0 Å². The lowest BCUT2D eigenvalue weighted by Crippen LogP contribution is -2.15. The monoisotopic (exact) mass is 211 g/mol. The fourth-order valence-corrected chi connectivity index (χ4v) is 1.58. The number of nitrogens with two attached hydrogens (primary N) is 1. The van der Waals surface area contributed by atoms with E-state index >= 15 is 0 Å². The molecule has 0 aliphatic carbocycles. The highest BCUT2D eigenvalue weighted by atomic mass is 16.5. The number of hydrogen-bond donors (Lipinski definition) is 1.